The van der Waals surface area contributed by atoms with Crippen LogP contribution in [0.5, 0.6) is 5.75 Å². The fraction of sp³-hybridized carbons (Fsp3) is 0.296. The summed E-state index contributed by atoms with van der Waals surface area (Å²) in [5.41, 5.74) is 6.92. The molecule has 0 N–H and O–H groups in total. The minimum Gasteiger partial charge on any atom is -1.00 e. The first-order chi connectivity index (χ1) is 14.2. The molecule has 5 heteroatoms. The molecule has 4 rings (SSSR count). The van der Waals surface area contributed by atoms with Gasteiger partial charge in [-0.1, -0.05) is 50.5 Å². The number of allylic oxidation sites excluding steroid dienone is 4. The number of methoxy groups -OCH3 is 1. The molecule has 0 heterocycles. The molecule has 1 atom stereocenters. The summed E-state index contributed by atoms with van der Waals surface area (Å²) in [7, 11) is 1.70. The first-order valence-corrected chi connectivity index (χ1v) is 16.5. The molecule has 0 bridgehead atoms. The summed E-state index contributed by atoms with van der Waals surface area (Å²) in [6.45, 7) is 13.3. The Labute approximate surface area is 221 Å². The van der Waals surface area contributed by atoms with E-state index in [1.165, 1.54) is 38.6 Å². The summed E-state index contributed by atoms with van der Waals surface area (Å²) in [5.74, 6) is 1.46. The monoisotopic (exact) mass is 560 g/mol. The Balaban J connectivity index is 0.000000547. The molecular weight excluding hydrogens is 531 g/mol. The second-order valence-corrected chi connectivity index (χ2v) is 17.2. The van der Waals surface area contributed by atoms with Crippen LogP contribution >= 0.6 is 0 Å². The van der Waals surface area contributed by atoms with Crippen molar-refractivity contribution in [3.8, 4) is 16.9 Å². The van der Waals surface area contributed by atoms with Crippen LogP contribution in [0, 0.1) is 12.0 Å². The minimum absolute atomic E-state index is 0. The smallest absolute Gasteiger partial charge is 1.00 e. The second kappa shape index (κ2) is 15.0. The molecule has 0 radical (unpaired) electrons. The van der Waals surface area contributed by atoms with E-state index in [0.717, 1.165) is 5.75 Å². The van der Waals surface area contributed by atoms with Gasteiger partial charge in [-0.25, -0.2) is 5.57 Å². The van der Waals surface area contributed by atoms with E-state index < -0.39 is 0 Å². The Bertz CT molecular complexity index is 1080. The van der Waals surface area contributed by atoms with E-state index in [9.17, 15) is 0 Å². The Kier molecular flexibility index (Phi) is 14.6. The number of hydrogen-bond donors (Lipinski definition) is 0. The molecule has 3 aromatic rings. The Morgan fingerprint density at radius 3 is 2.12 bits per heavy atom. The van der Waals surface area contributed by atoms with Crippen molar-refractivity contribution in [2.75, 3.05) is 7.11 Å². The maximum Gasteiger partial charge on any atom is -1.00 e. The maximum absolute atomic E-state index is 5.26. The zero-order chi connectivity index (χ0) is 22.3. The molecule has 1 unspecified atom stereocenters. The van der Waals surface area contributed by atoms with E-state index in [1.807, 2.05) is 12.1 Å². The van der Waals surface area contributed by atoms with E-state index in [0.29, 0.717) is 5.92 Å². The molecule has 3 aromatic carbocycles. The molecule has 0 amide bonds. The van der Waals surface area contributed by atoms with E-state index in [2.05, 4.69) is 95.4 Å². The summed E-state index contributed by atoms with van der Waals surface area (Å²) in [6.07, 6.45) is 3.36. The van der Waals surface area contributed by atoms with Crippen LogP contribution in [0.2, 0.25) is 13.1 Å². The summed E-state index contributed by atoms with van der Waals surface area (Å²) in [4.78, 5) is 0. The predicted molar refractivity (Wildman–Crippen MR) is 129 cm³/mol. The quantitative estimate of drug-likeness (QED) is 0.342. The summed E-state index contributed by atoms with van der Waals surface area (Å²) in [5, 5.41) is 2.58. The molecule has 0 saturated heterocycles. The largest absolute Gasteiger partial charge is 1.00 e. The van der Waals surface area contributed by atoms with Crippen LogP contribution in [0.15, 0.2) is 77.4 Å². The molecule has 0 spiro atoms. The number of halogens is 2. The summed E-state index contributed by atoms with van der Waals surface area (Å²) >= 11 is 1.74. The minimum atomic E-state index is 0. The van der Waals surface area contributed by atoms with Gasteiger partial charge in [0.1, 0.15) is 5.75 Å². The SMILES string of the molecule is CC1=[C-]C(C)C(C)=C1C.COc1cccc(-c2c[cH-]c3ccccc23)c1.C[Si](C)=[Zr+2].[Cl-].[Cl-]. The van der Waals surface area contributed by atoms with Gasteiger partial charge in [0.2, 0.25) is 0 Å². The van der Waals surface area contributed by atoms with Gasteiger partial charge in [0, 0.05) is 0 Å². The molecule has 1 nitrogen and oxygen atoms in total. The van der Waals surface area contributed by atoms with Gasteiger partial charge in [-0.15, -0.1) is 53.6 Å². The third-order valence-corrected chi connectivity index (χ3v) is 5.30. The van der Waals surface area contributed by atoms with Crippen molar-refractivity contribution in [2.24, 2.45) is 5.92 Å². The maximum atomic E-state index is 5.26. The Morgan fingerprint density at radius 1 is 1.00 bits per heavy atom. The van der Waals surface area contributed by atoms with Crippen LogP contribution in [0.4, 0.5) is 0 Å². The zero-order valence-corrected chi connectivity index (χ0v) is 25.0. The first-order valence-electron chi connectivity index (χ1n) is 10.3. The van der Waals surface area contributed by atoms with Crippen molar-refractivity contribution in [1.82, 2.24) is 0 Å². The van der Waals surface area contributed by atoms with Crippen molar-refractivity contribution in [1.29, 1.82) is 0 Å². The van der Waals surface area contributed by atoms with Gasteiger partial charge in [-0.2, -0.15) is 11.1 Å². The van der Waals surface area contributed by atoms with Gasteiger partial charge in [-0.3, -0.25) is 6.08 Å². The second-order valence-electron chi connectivity index (χ2n) is 7.87. The average molecular weight is 563 g/mol. The topological polar surface area (TPSA) is 9.23 Å². The van der Waals surface area contributed by atoms with Gasteiger partial charge in [-0.05, 0) is 12.1 Å². The molecule has 0 aromatic heterocycles. The predicted octanol–water partition coefficient (Wildman–Crippen LogP) is 1.75. The fourth-order valence-electron chi connectivity index (χ4n) is 3.35. The molecule has 170 valence electrons. The normalized spacial score (nSPS) is 14.2. The average Bonchev–Trinajstić information content (AvgIpc) is 3.25. The van der Waals surface area contributed by atoms with Crippen molar-refractivity contribution in [3.63, 3.8) is 0 Å². The van der Waals surface area contributed by atoms with E-state index in [-0.39, 0.29) is 30.2 Å². The molecule has 32 heavy (non-hydrogen) atoms. The van der Waals surface area contributed by atoms with Gasteiger partial charge in [0.15, 0.2) is 0 Å². The molecule has 0 saturated carbocycles. The Hall–Kier alpha value is -0.990. The van der Waals surface area contributed by atoms with Crippen LogP contribution in [-0.4, -0.2) is 12.5 Å². The van der Waals surface area contributed by atoms with Gasteiger partial charge < -0.3 is 29.6 Å². The van der Waals surface area contributed by atoms with Crippen molar-refractivity contribution in [2.45, 2.75) is 40.8 Å². The van der Waals surface area contributed by atoms with Crippen LogP contribution in [-0.2, 0) is 23.3 Å². The third-order valence-electron chi connectivity index (χ3n) is 5.30. The summed E-state index contributed by atoms with van der Waals surface area (Å²) in [6, 6.07) is 20.9. The van der Waals surface area contributed by atoms with Crippen molar-refractivity contribution < 1.29 is 52.9 Å². The Morgan fingerprint density at radius 2 is 1.62 bits per heavy atom. The van der Waals surface area contributed by atoms with E-state index >= 15 is 0 Å². The van der Waals surface area contributed by atoms with Gasteiger partial charge in [0.25, 0.3) is 0 Å². The molecule has 0 fully saturated rings. The first kappa shape index (κ1) is 31.0. The standard InChI is InChI=1S/C16H13O.C9H13.C2H6Si.2ClH.Zr/c1-17-14-7-4-6-13(11-14)16-10-9-12-5-2-3-8-15(12)16;1-6-5-7(2)9(4)8(6)3;1-3-2;;;/h2-11H,1H3;6H,1-4H3;1-2H3;2*1H;/q2*-1;;;;+2/p-2. The van der Waals surface area contributed by atoms with Crippen LogP contribution in [0.1, 0.15) is 27.7 Å². The van der Waals surface area contributed by atoms with Crippen LogP contribution in [0.25, 0.3) is 21.9 Å². The number of fused-ring (bicyclic) bond motifs is 1. The zero-order valence-electron chi connectivity index (χ0n) is 20.0. The van der Waals surface area contributed by atoms with Crippen LogP contribution in [0.3, 0.4) is 0 Å². The molecule has 1 aliphatic rings. The summed E-state index contributed by atoms with van der Waals surface area (Å²) < 4.78 is 5.26. The number of ether oxygens (including phenoxy) is 1. The van der Waals surface area contributed by atoms with Gasteiger partial charge in [0.05, 0.1) is 7.11 Å². The third kappa shape index (κ3) is 8.75. The molecule has 0 aliphatic heterocycles. The van der Waals surface area contributed by atoms with E-state index in [1.54, 1.807) is 30.4 Å². The van der Waals surface area contributed by atoms with Crippen molar-refractivity contribution in [3.05, 3.63) is 83.5 Å². The number of rotatable bonds is 2. The number of hydrogen-bond acceptors (Lipinski definition) is 1. The van der Waals surface area contributed by atoms with Crippen LogP contribution < -0.4 is 29.6 Å². The fourth-order valence-corrected chi connectivity index (χ4v) is 3.35. The van der Waals surface area contributed by atoms with Crippen molar-refractivity contribution >= 4 is 16.2 Å². The molecular formula is C27H32Cl2OSiZr-2. The molecule has 1 aliphatic carbocycles. The van der Waals surface area contributed by atoms with Gasteiger partial charge >= 0.3 is 41.9 Å². The van der Waals surface area contributed by atoms with E-state index in [4.69, 9.17) is 4.74 Å². The number of benzene rings is 2.